The van der Waals surface area contributed by atoms with E-state index < -0.39 is 11.8 Å². The Morgan fingerprint density at radius 1 is 1.56 bits per heavy atom. The first kappa shape index (κ1) is 11.0. The smallest absolute Gasteiger partial charge is 0.341 e. The minimum Gasteiger partial charge on any atom is -0.462 e. The van der Waals surface area contributed by atoms with Crippen molar-refractivity contribution in [1.82, 2.24) is 4.98 Å². The lowest BCUT2D eigenvalue weighted by molar-refractivity contribution is 0.0459. The van der Waals surface area contributed by atoms with E-state index in [-0.39, 0.29) is 5.56 Å². The largest absolute Gasteiger partial charge is 0.462 e. The lowest BCUT2D eigenvalue weighted by atomic mass is 9.83. The van der Waals surface area contributed by atoms with Gasteiger partial charge in [0.15, 0.2) is 5.82 Å². The summed E-state index contributed by atoms with van der Waals surface area (Å²) >= 11 is 0. The van der Waals surface area contributed by atoms with E-state index in [4.69, 9.17) is 4.74 Å². The van der Waals surface area contributed by atoms with Crippen LogP contribution in [0.5, 0.6) is 0 Å². The van der Waals surface area contributed by atoms with Crippen LogP contribution in [-0.2, 0) is 4.74 Å². The quantitative estimate of drug-likeness (QED) is 0.736. The fourth-order valence-corrected chi connectivity index (χ4v) is 1.72. The molecule has 2 rings (SSSR count). The zero-order valence-electron chi connectivity index (χ0n) is 8.99. The molecule has 0 aliphatic heterocycles. The van der Waals surface area contributed by atoms with Crippen molar-refractivity contribution in [3.8, 4) is 0 Å². The van der Waals surface area contributed by atoms with Crippen LogP contribution in [0.4, 0.5) is 4.39 Å². The van der Waals surface area contributed by atoms with Gasteiger partial charge in [-0.25, -0.2) is 9.18 Å². The van der Waals surface area contributed by atoms with E-state index in [0.717, 1.165) is 12.6 Å². The van der Waals surface area contributed by atoms with Crippen LogP contribution in [-0.4, -0.2) is 17.6 Å². The molecule has 1 aromatic heterocycles. The molecule has 0 bridgehead atoms. The van der Waals surface area contributed by atoms with Crippen molar-refractivity contribution in [2.45, 2.75) is 25.7 Å². The first-order valence-electron chi connectivity index (χ1n) is 5.54. The molecule has 1 aliphatic carbocycles. The average molecular weight is 223 g/mol. The third-order valence-electron chi connectivity index (χ3n) is 2.98. The van der Waals surface area contributed by atoms with Gasteiger partial charge >= 0.3 is 5.97 Å². The highest BCUT2D eigenvalue weighted by atomic mass is 19.1. The van der Waals surface area contributed by atoms with E-state index in [1.54, 1.807) is 0 Å². The first-order valence-corrected chi connectivity index (χ1v) is 5.54. The van der Waals surface area contributed by atoms with Gasteiger partial charge in [-0.3, -0.25) is 4.98 Å². The second-order valence-corrected chi connectivity index (χ2v) is 4.08. The maximum Gasteiger partial charge on any atom is 0.341 e. The van der Waals surface area contributed by atoms with Gasteiger partial charge in [-0.2, -0.15) is 0 Å². The molecule has 1 fully saturated rings. The Kier molecular flexibility index (Phi) is 3.49. The van der Waals surface area contributed by atoms with E-state index in [2.05, 4.69) is 4.98 Å². The van der Waals surface area contributed by atoms with Crippen LogP contribution in [0.1, 0.15) is 36.0 Å². The van der Waals surface area contributed by atoms with Crippen LogP contribution in [0.2, 0.25) is 0 Å². The van der Waals surface area contributed by atoms with Gasteiger partial charge in [-0.05, 0) is 18.4 Å². The molecule has 0 unspecified atom stereocenters. The van der Waals surface area contributed by atoms with E-state index in [9.17, 15) is 9.18 Å². The molecule has 3 nitrogen and oxygen atoms in total. The van der Waals surface area contributed by atoms with Crippen molar-refractivity contribution < 1.29 is 13.9 Å². The Hall–Kier alpha value is -1.45. The monoisotopic (exact) mass is 223 g/mol. The Morgan fingerprint density at radius 2 is 2.38 bits per heavy atom. The molecule has 0 saturated heterocycles. The van der Waals surface area contributed by atoms with Gasteiger partial charge in [0, 0.05) is 6.20 Å². The summed E-state index contributed by atoms with van der Waals surface area (Å²) in [7, 11) is 0. The van der Waals surface area contributed by atoms with Crippen molar-refractivity contribution in [1.29, 1.82) is 0 Å². The predicted octanol–water partition coefficient (Wildman–Crippen LogP) is 2.57. The minimum atomic E-state index is -0.629. The molecule has 1 heterocycles. The average Bonchev–Trinajstić information content (AvgIpc) is 2.22. The van der Waals surface area contributed by atoms with Crippen molar-refractivity contribution >= 4 is 5.97 Å². The molecule has 1 saturated carbocycles. The normalized spacial score (nSPS) is 15.6. The molecule has 0 radical (unpaired) electrons. The van der Waals surface area contributed by atoms with Crippen molar-refractivity contribution in [3.05, 3.63) is 29.8 Å². The van der Waals surface area contributed by atoms with Crippen LogP contribution >= 0.6 is 0 Å². The Morgan fingerprint density at radius 3 is 3.00 bits per heavy atom. The summed E-state index contributed by atoms with van der Waals surface area (Å²) < 4.78 is 18.1. The third kappa shape index (κ3) is 2.56. The maximum atomic E-state index is 13.1. The van der Waals surface area contributed by atoms with Gasteiger partial charge in [-0.1, -0.05) is 19.3 Å². The number of nitrogens with zero attached hydrogens (tertiary/aromatic N) is 1. The minimum absolute atomic E-state index is 0.0383. The van der Waals surface area contributed by atoms with Crippen LogP contribution < -0.4 is 0 Å². The van der Waals surface area contributed by atoms with Crippen LogP contribution in [0.25, 0.3) is 0 Å². The van der Waals surface area contributed by atoms with Crippen LogP contribution in [0.15, 0.2) is 18.5 Å². The van der Waals surface area contributed by atoms with E-state index in [0.29, 0.717) is 12.5 Å². The summed E-state index contributed by atoms with van der Waals surface area (Å²) in [5.74, 6) is -0.537. The van der Waals surface area contributed by atoms with E-state index in [1.807, 2.05) is 0 Å². The third-order valence-corrected chi connectivity index (χ3v) is 2.98. The molecule has 0 amide bonds. The van der Waals surface area contributed by atoms with Crippen LogP contribution in [0, 0.1) is 11.7 Å². The molecule has 0 atom stereocenters. The molecule has 0 spiro atoms. The zero-order chi connectivity index (χ0) is 11.4. The highest BCUT2D eigenvalue weighted by molar-refractivity contribution is 5.89. The number of hydrogen-bond donors (Lipinski definition) is 0. The van der Waals surface area contributed by atoms with Crippen molar-refractivity contribution in [3.63, 3.8) is 0 Å². The molecule has 86 valence electrons. The second-order valence-electron chi connectivity index (χ2n) is 4.08. The molecule has 0 aromatic carbocycles. The molecule has 1 aromatic rings. The number of esters is 1. The number of aromatic nitrogens is 1. The lowest BCUT2D eigenvalue weighted by Gasteiger charge is -2.24. The topological polar surface area (TPSA) is 39.2 Å². The van der Waals surface area contributed by atoms with Gasteiger partial charge in [0.1, 0.15) is 0 Å². The fraction of sp³-hybridized carbons (Fsp3) is 0.500. The van der Waals surface area contributed by atoms with Crippen molar-refractivity contribution in [2.75, 3.05) is 6.61 Å². The van der Waals surface area contributed by atoms with Crippen molar-refractivity contribution in [2.24, 2.45) is 5.92 Å². The summed E-state index contributed by atoms with van der Waals surface area (Å²) in [6, 6.07) is 1.33. The first-order chi connectivity index (χ1) is 7.77. The highest BCUT2D eigenvalue weighted by Crippen LogP contribution is 2.29. The summed E-state index contributed by atoms with van der Waals surface area (Å²) in [5, 5.41) is 0. The summed E-state index contributed by atoms with van der Waals surface area (Å²) in [5.41, 5.74) is -0.0383. The Bertz CT molecular complexity index is 377. The Balaban J connectivity index is 1.81. The predicted molar refractivity (Wildman–Crippen MR) is 56.4 cm³/mol. The molecular formula is C12H14FNO2. The maximum absolute atomic E-state index is 13.1. The van der Waals surface area contributed by atoms with Gasteiger partial charge in [-0.15, -0.1) is 0 Å². The zero-order valence-corrected chi connectivity index (χ0v) is 8.99. The number of carbonyl (C=O) groups is 1. The fourth-order valence-electron chi connectivity index (χ4n) is 1.72. The number of halogens is 1. The molecule has 1 aliphatic rings. The number of pyridine rings is 1. The van der Waals surface area contributed by atoms with Crippen LogP contribution in [0.3, 0.4) is 0 Å². The Labute approximate surface area is 93.6 Å². The molecule has 16 heavy (non-hydrogen) atoms. The summed E-state index contributed by atoms with van der Waals surface area (Å²) in [6.45, 7) is 0.380. The SMILES string of the molecule is O=C(OCCC1CCC1)c1ccncc1F. The van der Waals surface area contributed by atoms with E-state index in [1.165, 1.54) is 31.5 Å². The summed E-state index contributed by atoms with van der Waals surface area (Å²) in [4.78, 5) is 15.0. The summed E-state index contributed by atoms with van der Waals surface area (Å²) in [6.07, 6.45) is 7.01. The highest BCUT2D eigenvalue weighted by Gasteiger charge is 2.18. The molecule has 4 heteroatoms. The van der Waals surface area contributed by atoms with Gasteiger partial charge in [0.25, 0.3) is 0 Å². The number of carbonyl (C=O) groups excluding carboxylic acids is 1. The van der Waals surface area contributed by atoms with E-state index >= 15 is 0 Å². The van der Waals surface area contributed by atoms with Gasteiger partial charge in [0.2, 0.25) is 0 Å². The molecular weight excluding hydrogens is 209 g/mol. The molecule has 0 N–H and O–H groups in total. The number of hydrogen-bond acceptors (Lipinski definition) is 3. The standard InChI is InChI=1S/C12H14FNO2/c13-11-8-14-6-4-10(11)12(15)16-7-5-9-2-1-3-9/h4,6,8-9H,1-3,5,7H2. The number of ether oxygens (including phenoxy) is 1. The second kappa shape index (κ2) is 5.05. The van der Waals surface area contributed by atoms with Gasteiger partial charge in [0.05, 0.1) is 18.4 Å². The number of rotatable bonds is 4. The lowest BCUT2D eigenvalue weighted by Crippen LogP contribution is -2.16. The van der Waals surface area contributed by atoms with Gasteiger partial charge < -0.3 is 4.74 Å².